The summed E-state index contributed by atoms with van der Waals surface area (Å²) in [7, 11) is 2.01. The number of rotatable bonds is 1. The highest BCUT2D eigenvalue weighted by Crippen LogP contribution is 2.21. The van der Waals surface area contributed by atoms with Crippen LogP contribution >= 0.6 is 0 Å². The number of hydrogen-bond acceptors (Lipinski definition) is 3. The molecule has 76 valence electrons. The number of likely N-dealkylation sites (N-methyl/N-ethyl adjacent to an activating group) is 1. The van der Waals surface area contributed by atoms with Crippen molar-refractivity contribution in [1.82, 2.24) is 15.2 Å². The molecular formula is C10H14FN3. The van der Waals surface area contributed by atoms with E-state index in [0.29, 0.717) is 5.56 Å². The van der Waals surface area contributed by atoms with Crippen molar-refractivity contribution in [3.8, 4) is 0 Å². The second kappa shape index (κ2) is 4.02. The molecule has 1 aliphatic rings. The van der Waals surface area contributed by atoms with Gasteiger partial charge in [-0.3, -0.25) is 4.90 Å². The molecule has 2 rings (SSSR count). The normalized spacial score (nSPS) is 23.7. The van der Waals surface area contributed by atoms with Crippen LogP contribution < -0.4 is 5.32 Å². The summed E-state index contributed by atoms with van der Waals surface area (Å²) in [6.07, 6.45) is 1.48. The molecule has 1 aromatic heterocycles. The second-order valence-electron chi connectivity index (χ2n) is 3.58. The first-order valence-electron chi connectivity index (χ1n) is 4.80. The number of pyridine rings is 1. The quantitative estimate of drug-likeness (QED) is 0.672. The molecule has 1 aliphatic heterocycles. The number of piperazine rings is 1. The van der Waals surface area contributed by atoms with E-state index >= 15 is 0 Å². The topological polar surface area (TPSA) is 28.2 Å². The fraction of sp³-hybridized carbons (Fsp3) is 0.500. The molecule has 0 amide bonds. The third kappa shape index (κ3) is 1.76. The fourth-order valence-corrected chi connectivity index (χ4v) is 1.80. The SMILES string of the molecule is CN1CCNCC1c1cccnc1F. The van der Waals surface area contributed by atoms with Gasteiger partial charge in [0.2, 0.25) is 5.95 Å². The summed E-state index contributed by atoms with van der Waals surface area (Å²) in [6.45, 7) is 2.70. The Kier molecular flexibility index (Phi) is 2.74. The molecule has 0 aromatic carbocycles. The molecule has 0 bridgehead atoms. The van der Waals surface area contributed by atoms with Crippen LogP contribution in [0.3, 0.4) is 0 Å². The van der Waals surface area contributed by atoms with E-state index in [0.717, 1.165) is 19.6 Å². The zero-order chi connectivity index (χ0) is 9.97. The number of hydrogen-bond donors (Lipinski definition) is 1. The van der Waals surface area contributed by atoms with Gasteiger partial charge in [-0.1, -0.05) is 6.07 Å². The lowest BCUT2D eigenvalue weighted by atomic mass is 10.1. The Bertz CT molecular complexity index is 316. The molecule has 14 heavy (non-hydrogen) atoms. The molecule has 1 saturated heterocycles. The molecule has 1 fully saturated rings. The number of nitrogens with zero attached hydrogens (tertiary/aromatic N) is 2. The first-order valence-corrected chi connectivity index (χ1v) is 4.80. The zero-order valence-corrected chi connectivity index (χ0v) is 8.20. The van der Waals surface area contributed by atoms with E-state index in [1.54, 1.807) is 12.1 Å². The standard InChI is InChI=1S/C10H14FN3/c1-14-6-5-12-7-9(14)8-3-2-4-13-10(8)11/h2-4,9,12H,5-7H2,1H3. The molecule has 0 spiro atoms. The van der Waals surface area contributed by atoms with E-state index in [2.05, 4.69) is 15.2 Å². The van der Waals surface area contributed by atoms with E-state index < -0.39 is 0 Å². The molecule has 4 heteroatoms. The second-order valence-corrected chi connectivity index (χ2v) is 3.58. The first-order chi connectivity index (χ1) is 6.79. The van der Waals surface area contributed by atoms with Crippen LogP contribution in [0.25, 0.3) is 0 Å². The average Bonchev–Trinajstić information content (AvgIpc) is 2.20. The molecule has 2 heterocycles. The van der Waals surface area contributed by atoms with Gasteiger partial charge in [-0.15, -0.1) is 0 Å². The minimum absolute atomic E-state index is 0.109. The average molecular weight is 195 g/mol. The van der Waals surface area contributed by atoms with Gasteiger partial charge >= 0.3 is 0 Å². The van der Waals surface area contributed by atoms with Gasteiger partial charge in [0, 0.05) is 31.4 Å². The fourth-order valence-electron chi connectivity index (χ4n) is 1.80. The summed E-state index contributed by atoms with van der Waals surface area (Å²) in [5.74, 6) is -0.354. The maximum atomic E-state index is 13.4. The molecular weight excluding hydrogens is 181 g/mol. The molecule has 1 aromatic rings. The number of halogens is 1. The summed E-state index contributed by atoms with van der Waals surface area (Å²) >= 11 is 0. The molecule has 0 radical (unpaired) electrons. The lowest BCUT2D eigenvalue weighted by Crippen LogP contribution is -2.44. The lowest BCUT2D eigenvalue weighted by molar-refractivity contribution is 0.197. The maximum Gasteiger partial charge on any atom is 0.217 e. The van der Waals surface area contributed by atoms with Crippen molar-refractivity contribution in [3.05, 3.63) is 29.8 Å². The molecule has 1 atom stereocenters. The molecule has 1 N–H and O–H groups in total. The Labute approximate surface area is 82.9 Å². The Hall–Kier alpha value is -1.00. The van der Waals surface area contributed by atoms with Crippen molar-refractivity contribution in [3.63, 3.8) is 0 Å². The van der Waals surface area contributed by atoms with Crippen molar-refractivity contribution in [1.29, 1.82) is 0 Å². The summed E-state index contributed by atoms with van der Waals surface area (Å²) in [5.41, 5.74) is 0.683. The van der Waals surface area contributed by atoms with Gasteiger partial charge in [0.1, 0.15) is 0 Å². The molecule has 1 unspecified atom stereocenters. The summed E-state index contributed by atoms with van der Waals surface area (Å²) in [6, 6.07) is 3.69. The minimum atomic E-state index is -0.354. The summed E-state index contributed by atoms with van der Waals surface area (Å²) in [4.78, 5) is 5.82. The largest absolute Gasteiger partial charge is 0.314 e. The van der Waals surface area contributed by atoms with Gasteiger partial charge in [-0.2, -0.15) is 4.39 Å². The Morgan fingerprint density at radius 1 is 1.64 bits per heavy atom. The van der Waals surface area contributed by atoms with Crippen LogP contribution in [0.2, 0.25) is 0 Å². The zero-order valence-electron chi connectivity index (χ0n) is 8.20. The van der Waals surface area contributed by atoms with Crippen molar-refractivity contribution in [2.75, 3.05) is 26.7 Å². The Morgan fingerprint density at radius 2 is 2.50 bits per heavy atom. The van der Waals surface area contributed by atoms with Crippen LogP contribution in [0.1, 0.15) is 11.6 Å². The van der Waals surface area contributed by atoms with Crippen LogP contribution in [0.4, 0.5) is 4.39 Å². The van der Waals surface area contributed by atoms with Crippen molar-refractivity contribution < 1.29 is 4.39 Å². The number of nitrogens with one attached hydrogen (secondary N) is 1. The molecule has 0 aliphatic carbocycles. The van der Waals surface area contributed by atoms with Gasteiger partial charge in [-0.05, 0) is 13.1 Å². The van der Waals surface area contributed by atoms with E-state index in [1.807, 2.05) is 7.05 Å². The summed E-state index contributed by atoms with van der Waals surface area (Å²) in [5, 5.41) is 3.25. The van der Waals surface area contributed by atoms with E-state index in [4.69, 9.17) is 0 Å². The van der Waals surface area contributed by atoms with Crippen LogP contribution in [0, 0.1) is 5.95 Å². The molecule has 0 saturated carbocycles. The van der Waals surface area contributed by atoms with E-state index in [1.165, 1.54) is 6.20 Å². The Balaban J connectivity index is 2.25. The van der Waals surface area contributed by atoms with Gasteiger partial charge < -0.3 is 5.32 Å². The predicted molar refractivity (Wildman–Crippen MR) is 52.4 cm³/mol. The summed E-state index contributed by atoms with van der Waals surface area (Å²) < 4.78 is 13.4. The minimum Gasteiger partial charge on any atom is -0.314 e. The first kappa shape index (κ1) is 9.55. The van der Waals surface area contributed by atoms with E-state index in [-0.39, 0.29) is 12.0 Å². The predicted octanol–water partition coefficient (Wildman–Crippen LogP) is 0.797. The van der Waals surface area contributed by atoms with Crippen LogP contribution in [0.15, 0.2) is 18.3 Å². The van der Waals surface area contributed by atoms with Crippen LogP contribution in [-0.4, -0.2) is 36.6 Å². The van der Waals surface area contributed by atoms with Crippen LogP contribution in [-0.2, 0) is 0 Å². The third-order valence-corrected chi connectivity index (χ3v) is 2.66. The van der Waals surface area contributed by atoms with Gasteiger partial charge in [0.05, 0.1) is 6.04 Å². The number of aromatic nitrogens is 1. The highest BCUT2D eigenvalue weighted by atomic mass is 19.1. The smallest absolute Gasteiger partial charge is 0.217 e. The third-order valence-electron chi connectivity index (χ3n) is 2.66. The lowest BCUT2D eigenvalue weighted by Gasteiger charge is -2.33. The van der Waals surface area contributed by atoms with E-state index in [9.17, 15) is 4.39 Å². The van der Waals surface area contributed by atoms with Gasteiger partial charge in [0.15, 0.2) is 0 Å². The van der Waals surface area contributed by atoms with Gasteiger partial charge in [-0.25, -0.2) is 4.98 Å². The van der Waals surface area contributed by atoms with Gasteiger partial charge in [0.25, 0.3) is 0 Å². The highest BCUT2D eigenvalue weighted by molar-refractivity contribution is 5.17. The highest BCUT2D eigenvalue weighted by Gasteiger charge is 2.23. The Morgan fingerprint density at radius 3 is 3.21 bits per heavy atom. The van der Waals surface area contributed by atoms with Crippen LogP contribution in [0.5, 0.6) is 0 Å². The van der Waals surface area contributed by atoms with Crippen molar-refractivity contribution in [2.45, 2.75) is 6.04 Å². The maximum absolute atomic E-state index is 13.4. The van der Waals surface area contributed by atoms with Crippen molar-refractivity contribution in [2.24, 2.45) is 0 Å². The molecule has 3 nitrogen and oxygen atoms in total. The van der Waals surface area contributed by atoms with Crippen molar-refractivity contribution >= 4 is 0 Å². The monoisotopic (exact) mass is 195 g/mol.